The molecule has 1 N–H and O–H groups in total. The maximum Gasteiger partial charge on any atom is 0.339 e. The summed E-state index contributed by atoms with van der Waals surface area (Å²) in [6.45, 7) is 5.03. The number of nitrogens with one attached hydrogen (secondary N) is 1. The second-order valence-electron chi connectivity index (χ2n) is 8.71. The Kier molecular flexibility index (Phi) is 7.20. The third kappa shape index (κ3) is 5.13. The van der Waals surface area contributed by atoms with Gasteiger partial charge in [-0.1, -0.05) is 66.2 Å². The van der Waals surface area contributed by atoms with Gasteiger partial charge in [-0.2, -0.15) is 0 Å². The van der Waals surface area contributed by atoms with Gasteiger partial charge in [-0.25, -0.2) is 9.48 Å². The van der Waals surface area contributed by atoms with Gasteiger partial charge in [0.2, 0.25) is 0 Å². The first kappa shape index (κ1) is 25.4. The Morgan fingerprint density at radius 1 is 0.838 bits per heavy atom. The summed E-state index contributed by atoms with van der Waals surface area (Å²) in [4.78, 5) is 52.0. The number of carbonyl (C=O) groups is 3. The van der Waals surface area contributed by atoms with Gasteiger partial charge in [-0.05, 0) is 39.0 Å². The zero-order valence-corrected chi connectivity index (χ0v) is 21.0. The summed E-state index contributed by atoms with van der Waals surface area (Å²) in [6.07, 6.45) is -1.22. The summed E-state index contributed by atoms with van der Waals surface area (Å²) in [6, 6.07) is 22.4. The Morgan fingerprint density at radius 3 is 2.08 bits per heavy atom. The van der Waals surface area contributed by atoms with Gasteiger partial charge < -0.3 is 10.1 Å². The van der Waals surface area contributed by atoms with Crippen molar-refractivity contribution in [3.63, 3.8) is 0 Å². The second-order valence-corrected chi connectivity index (χ2v) is 8.71. The molecule has 8 nitrogen and oxygen atoms in total. The summed E-state index contributed by atoms with van der Waals surface area (Å²) in [5, 5.41) is 2.60. The molecule has 1 amide bonds. The Balaban J connectivity index is 1.52. The van der Waals surface area contributed by atoms with Gasteiger partial charge in [-0.15, -0.1) is 0 Å². The first-order chi connectivity index (χ1) is 17.7. The molecular formula is C29H27N3O5. The molecule has 0 fully saturated rings. The molecule has 4 aromatic rings. The van der Waals surface area contributed by atoms with E-state index < -0.39 is 23.5 Å². The largest absolute Gasteiger partial charge is 0.449 e. The molecule has 8 heteroatoms. The number of rotatable bonds is 7. The third-order valence-corrected chi connectivity index (χ3v) is 6.16. The molecule has 4 rings (SSSR count). The van der Waals surface area contributed by atoms with Crippen molar-refractivity contribution in [1.29, 1.82) is 0 Å². The van der Waals surface area contributed by atoms with E-state index in [-0.39, 0.29) is 22.6 Å². The van der Waals surface area contributed by atoms with E-state index in [1.165, 1.54) is 17.7 Å². The maximum absolute atomic E-state index is 13.1. The lowest BCUT2D eigenvalue weighted by molar-refractivity contribution is -0.123. The predicted molar refractivity (Wildman–Crippen MR) is 140 cm³/mol. The molecule has 0 aliphatic rings. The van der Waals surface area contributed by atoms with Gasteiger partial charge in [0.25, 0.3) is 11.5 Å². The Bertz CT molecular complexity index is 1530. The number of nitrogens with zero attached hydrogens (tertiary/aromatic N) is 2. The molecule has 1 aromatic heterocycles. The normalized spacial score (nSPS) is 11.6. The summed E-state index contributed by atoms with van der Waals surface area (Å²) in [5.41, 5.74) is 2.53. The van der Waals surface area contributed by atoms with Crippen LogP contribution in [0.2, 0.25) is 0 Å². The minimum absolute atomic E-state index is 0.0510. The summed E-state index contributed by atoms with van der Waals surface area (Å²) in [5.74, 6) is -1.81. The van der Waals surface area contributed by atoms with E-state index in [4.69, 9.17) is 4.74 Å². The first-order valence-electron chi connectivity index (χ1n) is 11.7. The Hall–Kier alpha value is -4.72. The zero-order valence-electron chi connectivity index (χ0n) is 21.0. The van der Waals surface area contributed by atoms with Crippen LogP contribution in [0.5, 0.6) is 0 Å². The first-order valence-corrected chi connectivity index (χ1v) is 11.7. The van der Waals surface area contributed by atoms with Crippen LogP contribution in [0.15, 0.2) is 83.7 Å². The number of amides is 1. The molecule has 0 aliphatic heterocycles. The number of aryl methyl sites for hydroxylation is 1. The Labute approximate surface area is 214 Å². The minimum Gasteiger partial charge on any atom is -0.449 e. The van der Waals surface area contributed by atoms with Crippen molar-refractivity contribution in [2.75, 3.05) is 5.32 Å². The molecule has 188 valence electrons. The van der Waals surface area contributed by atoms with Crippen LogP contribution in [-0.4, -0.2) is 33.1 Å². The highest BCUT2D eigenvalue weighted by Gasteiger charge is 2.26. The molecule has 0 spiro atoms. The predicted octanol–water partition coefficient (Wildman–Crippen LogP) is 4.21. The molecule has 1 heterocycles. The van der Waals surface area contributed by atoms with Crippen LogP contribution in [0.3, 0.4) is 0 Å². The van der Waals surface area contributed by atoms with E-state index in [2.05, 4.69) is 5.32 Å². The van der Waals surface area contributed by atoms with E-state index in [1.54, 1.807) is 61.1 Å². The quantitative estimate of drug-likeness (QED) is 0.305. The second kappa shape index (κ2) is 10.5. The fourth-order valence-corrected chi connectivity index (χ4v) is 3.93. The van der Waals surface area contributed by atoms with E-state index >= 15 is 0 Å². The number of ketones is 1. The van der Waals surface area contributed by atoms with Crippen molar-refractivity contribution in [3.8, 4) is 5.69 Å². The third-order valence-electron chi connectivity index (χ3n) is 6.16. The zero-order chi connectivity index (χ0) is 26.7. The standard InChI is InChI=1S/C29H27N3O5/c1-18-14-16-21(17-15-18)26(33)23-12-8-9-13-24(23)29(36)37-20(3)27(34)30-25-19(2)31(4)32(28(25)35)22-10-6-5-7-11-22/h5-17,20H,1-4H3,(H,30,34)/t20-/m1/s1. The highest BCUT2D eigenvalue weighted by Crippen LogP contribution is 2.18. The van der Waals surface area contributed by atoms with Crippen LogP contribution >= 0.6 is 0 Å². The van der Waals surface area contributed by atoms with Crippen LogP contribution < -0.4 is 10.9 Å². The summed E-state index contributed by atoms with van der Waals surface area (Å²) < 4.78 is 8.47. The summed E-state index contributed by atoms with van der Waals surface area (Å²) >= 11 is 0. The number of hydrogen-bond acceptors (Lipinski definition) is 5. The van der Waals surface area contributed by atoms with Crippen molar-refractivity contribution < 1.29 is 19.1 Å². The van der Waals surface area contributed by atoms with Crippen LogP contribution in [0.1, 0.15) is 44.5 Å². The number of ether oxygens (including phenoxy) is 1. The highest BCUT2D eigenvalue weighted by molar-refractivity contribution is 6.14. The van der Waals surface area contributed by atoms with Crippen molar-refractivity contribution in [1.82, 2.24) is 9.36 Å². The lowest BCUT2D eigenvalue weighted by Gasteiger charge is -2.14. The molecule has 1 atom stereocenters. The molecule has 0 unspecified atom stereocenters. The minimum atomic E-state index is -1.22. The van der Waals surface area contributed by atoms with Gasteiger partial charge >= 0.3 is 5.97 Å². The lowest BCUT2D eigenvalue weighted by atomic mass is 9.98. The number of anilines is 1. The lowest BCUT2D eigenvalue weighted by Crippen LogP contribution is -2.32. The molecular weight excluding hydrogens is 470 g/mol. The van der Waals surface area contributed by atoms with Gasteiger partial charge in [0, 0.05) is 18.2 Å². The van der Waals surface area contributed by atoms with Gasteiger partial charge in [0.05, 0.1) is 16.9 Å². The highest BCUT2D eigenvalue weighted by atomic mass is 16.5. The Morgan fingerprint density at radius 2 is 1.43 bits per heavy atom. The van der Waals surface area contributed by atoms with Gasteiger partial charge in [0.15, 0.2) is 11.9 Å². The molecule has 0 saturated carbocycles. The summed E-state index contributed by atoms with van der Waals surface area (Å²) in [7, 11) is 1.71. The van der Waals surface area contributed by atoms with Crippen molar-refractivity contribution >= 4 is 23.3 Å². The number of esters is 1. The number of para-hydroxylation sites is 1. The molecule has 0 aliphatic carbocycles. The SMILES string of the molecule is Cc1ccc(C(=O)c2ccccc2C(=O)O[C@H](C)C(=O)Nc2c(C)n(C)n(-c3ccccc3)c2=O)cc1. The van der Waals surface area contributed by atoms with E-state index in [0.717, 1.165) is 5.56 Å². The fraction of sp³-hybridized carbons (Fsp3) is 0.172. The van der Waals surface area contributed by atoms with Crippen molar-refractivity contribution in [2.24, 2.45) is 7.05 Å². The van der Waals surface area contributed by atoms with Gasteiger partial charge in [0.1, 0.15) is 5.69 Å². The molecule has 0 radical (unpaired) electrons. The van der Waals surface area contributed by atoms with Crippen LogP contribution in [0, 0.1) is 13.8 Å². The van der Waals surface area contributed by atoms with E-state index in [9.17, 15) is 19.2 Å². The molecule has 0 saturated heterocycles. The van der Waals surface area contributed by atoms with Crippen LogP contribution in [-0.2, 0) is 16.6 Å². The number of aromatic nitrogens is 2. The monoisotopic (exact) mass is 497 g/mol. The van der Waals surface area contributed by atoms with Crippen molar-refractivity contribution in [3.05, 3.63) is 117 Å². The molecule has 3 aromatic carbocycles. The number of carbonyl (C=O) groups excluding carboxylic acids is 3. The number of benzene rings is 3. The van der Waals surface area contributed by atoms with Gasteiger partial charge in [-0.3, -0.25) is 19.1 Å². The van der Waals surface area contributed by atoms with Crippen LogP contribution in [0.25, 0.3) is 5.69 Å². The topological polar surface area (TPSA) is 99.4 Å². The van der Waals surface area contributed by atoms with Crippen LogP contribution in [0.4, 0.5) is 5.69 Å². The number of hydrogen-bond donors (Lipinski definition) is 1. The smallest absolute Gasteiger partial charge is 0.339 e. The average molecular weight is 498 g/mol. The molecule has 0 bridgehead atoms. The maximum atomic E-state index is 13.1. The van der Waals surface area contributed by atoms with Crippen molar-refractivity contribution in [2.45, 2.75) is 26.9 Å². The molecule has 37 heavy (non-hydrogen) atoms. The fourth-order valence-electron chi connectivity index (χ4n) is 3.93. The average Bonchev–Trinajstić information content (AvgIpc) is 3.11. The van der Waals surface area contributed by atoms with E-state index in [1.807, 2.05) is 37.3 Å². The van der Waals surface area contributed by atoms with E-state index in [0.29, 0.717) is 16.9 Å².